The Morgan fingerprint density at radius 1 is 1.26 bits per heavy atom. The molecule has 1 atom stereocenters. The summed E-state index contributed by atoms with van der Waals surface area (Å²) in [5.41, 5.74) is 10.5. The van der Waals surface area contributed by atoms with Crippen molar-refractivity contribution in [2.75, 3.05) is 24.7 Å². The van der Waals surface area contributed by atoms with Crippen molar-refractivity contribution in [2.24, 2.45) is 0 Å². The number of fused-ring (bicyclic) bond motifs is 1. The van der Waals surface area contributed by atoms with Gasteiger partial charge in [0.1, 0.15) is 5.75 Å². The molecule has 3 N–H and O–H groups in total. The van der Waals surface area contributed by atoms with Gasteiger partial charge >= 0.3 is 0 Å². The van der Waals surface area contributed by atoms with Gasteiger partial charge in [-0.1, -0.05) is 24.3 Å². The smallest absolute Gasteiger partial charge is 0.143 e. The fourth-order valence-corrected chi connectivity index (χ4v) is 2.61. The molecule has 0 aromatic heterocycles. The van der Waals surface area contributed by atoms with Crippen LogP contribution in [0.3, 0.4) is 0 Å². The van der Waals surface area contributed by atoms with Crippen LogP contribution in [0.25, 0.3) is 0 Å². The molecule has 98 valence electrons. The first kappa shape index (κ1) is 11.9. The molecular formula is C16H18N2O. The normalized spacial score (nSPS) is 16.4. The maximum Gasteiger partial charge on any atom is 0.143 e. The Bertz CT molecular complexity index is 595. The lowest BCUT2D eigenvalue weighted by Gasteiger charge is -2.30. The van der Waals surface area contributed by atoms with E-state index in [2.05, 4.69) is 29.6 Å². The monoisotopic (exact) mass is 254 g/mol. The van der Waals surface area contributed by atoms with Gasteiger partial charge in [0.05, 0.1) is 12.8 Å². The lowest BCUT2D eigenvalue weighted by Crippen LogP contribution is -2.24. The van der Waals surface area contributed by atoms with E-state index in [0.717, 1.165) is 24.4 Å². The van der Waals surface area contributed by atoms with Gasteiger partial charge in [0.2, 0.25) is 0 Å². The number of nitrogen functional groups attached to an aromatic ring is 1. The summed E-state index contributed by atoms with van der Waals surface area (Å²) >= 11 is 0. The second-order valence-corrected chi connectivity index (χ2v) is 4.94. The zero-order valence-electron chi connectivity index (χ0n) is 11.0. The third-order valence-corrected chi connectivity index (χ3v) is 3.75. The van der Waals surface area contributed by atoms with Crippen LogP contribution < -0.4 is 15.8 Å². The van der Waals surface area contributed by atoms with Gasteiger partial charge in [-0.15, -0.1) is 0 Å². The van der Waals surface area contributed by atoms with E-state index in [0.29, 0.717) is 11.6 Å². The molecule has 1 aliphatic rings. The number of methoxy groups -OCH3 is 1. The van der Waals surface area contributed by atoms with Crippen LogP contribution >= 0.6 is 0 Å². The minimum absolute atomic E-state index is 0.611. The molecule has 0 saturated heterocycles. The molecule has 0 aliphatic heterocycles. The van der Waals surface area contributed by atoms with Crippen molar-refractivity contribution in [2.45, 2.75) is 12.3 Å². The average molecular weight is 254 g/mol. The maximum absolute atomic E-state index is 5.80. The molecule has 3 heteroatoms. The summed E-state index contributed by atoms with van der Waals surface area (Å²) < 4.78 is 5.22. The van der Waals surface area contributed by atoms with Crippen LogP contribution in [0.15, 0.2) is 42.5 Å². The highest BCUT2D eigenvalue weighted by Crippen LogP contribution is 2.35. The zero-order chi connectivity index (χ0) is 13.2. The fraction of sp³-hybridized carbons (Fsp3) is 0.250. The quantitative estimate of drug-likeness (QED) is 0.824. The number of nitrogens with two attached hydrogens (primary N) is 1. The summed E-state index contributed by atoms with van der Waals surface area (Å²) in [6.45, 7) is 0.948. The molecule has 2 aromatic carbocycles. The van der Waals surface area contributed by atoms with Crippen molar-refractivity contribution in [3.8, 4) is 5.75 Å². The summed E-state index contributed by atoms with van der Waals surface area (Å²) in [4.78, 5) is 0. The zero-order valence-corrected chi connectivity index (χ0v) is 11.0. The highest BCUT2D eigenvalue weighted by molar-refractivity contribution is 5.61. The van der Waals surface area contributed by atoms with Crippen molar-refractivity contribution >= 4 is 11.4 Å². The van der Waals surface area contributed by atoms with Crippen LogP contribution in [-0.2, 0) is 6.42 Å². The number of nitrogens with one attached hydrogen (secondary N) is 1. The Labute approximate surface area is 113 Å². The summed E-state index contributed by atoms with van der Waals surface area (Å²) in [5.74, 6) is 1.33. The molecule has 3 rings (SSSR count). The van der Waals surface area contributed by atoms with Crippen LogP contribution in [0.1, 0.15) is 17.0 Å². The molecule has 0 amide bonds. The van der Waals surface area contributed by atoms with Gasteiger partial charge < -0.3 is 15.8 Å². The first-order chi connectivity index (χ1) is 9.28. The van der Waals surface area contributed by atoms with Crippen molar-refractivity contribution < 1.29 is 4.74 Å². The SMILES string of the molecule is COc1cc(NCC2Cc3ccccc32)ccc1N. The second kappa shape index (κ2) is 4.84. The Morgan fingerprint density at radius 2 is 2.11 bits per heavy atom. The molecule has 1 aliphatic carbocycles. The second-order valence-electron chi connectivity index (χ2n) is 4.94. The first-order valence-electron chi connectivity index (χ1n) is 6.53. The Balaban J connectivity index is 1.65. The molecule has 0 radical (unpaired) electrons. The lowest BCUT2D eigenvalue weighted by atomic mass is 9.77. The predicted molar refractivity (Wildman–Crippen MR) is 78.8 cm³/mol. The maximum atomic E-state index is 5.80. The Morgan fingerprint density at radius 3 is 2.89 bits per heavy atom. The molecule has 0 spiro atoms. The van der Waals surface area contributed by atoms with Crippen LogP contribution in [0.2, 0.25) is 0 Å². The van der Waals surface area contributed by atoms with Gasteiger partial charge in [0, 0.05) is 24.2 Å². The van der Waals surface area contributed by atoms with Gasteiger partial charge in [-0.3, -0.25) is 0 Å². The number of ether oxygens (including phenoxy) is 1. The van der Waals surface area contributed by atoms with Gasteiger partial charge in [-0.2, -0.15) is 0 Å². The third-order valence-electron chi connectivity index (χ3n) is 3.75. The molecule has 0 heterocycles. The van der Waals surface area contributed by atoms with E-state index in [1.165, 1.54) is 11.1 Å². The predicted octanol–water partition coefficient (Wildman–Crippen LogP) is 3.03. The van der Waals surface area contributed by atoms with Crippen LogP contribution in [0.4, 0.5) is 11.4 Å². The molecule has 0 bridgehead atoms. The molecule has 2 aromatic rings. The van der Waals surface area contributed by atoms with Crippen molar-refractivity contribution in [3.05, 3.63) is 53.6 Å². The van der Waals surface area contributed by atoms with E-state index < -0.39 is 0 Å². The Kier molecular flexibility index (Phi) is 3.03. The lowest BCUT2D eigenvalue weighted by molar-refractivity contribution is 0.417. The molecule has 0 fully saturated rings. The molecule has 1 unspecified atom stereocenters. The van der Waals surface area contributed by atoms with Crippen molar-refractivity contribution in [3.63, 3.8) is 0 Å². The topological polar surface area (TPSA) is 47.3 Å². The number of benzene rings is 2. The summed E-state index contributed by atoms with van der Waals surface area (Å²) in [6.07, 6.45) is 1.16. The van der Waals surface area contributed by atoms with Crippen molar-refractivity contribution in [1.29, 1.82) is 0 Å². The number of hydrogen-bond donors (Lipinski definition) is 2. The van der Waals surface area contributed by atoms with E-state index in [4.69, 9.17) is 10.5 Å². The average Bonchev–Trinajstić information content (AvgIpc) is 2.41. The largest absolute Gasteiger partial charge is 0.495 e. The van der Waals surface area contributed by atoms with E-state index in [9.17, 15) is 0 Å². The Hall–Kier alpha value is -2.16. The van der Waals surface area contributed by atoms with Crippen LogP contribution in [0, 0.1) is 0 Å². The van der Waals surface area contributed by atoms with Crippen molar-refractivity contribution in [1.82, 2.24) is 0 Å². The van der Waals surface area contributed by atoms with Gasteiger partial charge in [-0.25, -0.2) is 0 Å². The van der Waals surface area contributed by atoms with Gasteiger partial charge in [0.15, 0.2) is 0 Å². The molecule has 19 heavy (non-hydrogen) atoms. The number of rotatable bonds is 4. The van der Waals surface area contributed by atoms with E-state index in [1.54, 1.807) is 7.11 Å². The van der Waals surface area contributed by atoms with E-state index >= 15 is 0 Å². The fourth-order valence-electron chi connectivity index (χ4n) is 2.61. The number of anilines is 2. The van der Waals surface area contributed by atoms with E-state index in [1.807, 2.05) is 18.2 Å². The first-order valence-corrected chi connectivity index (χ1v) is 6.53. The highest BCUT2D eigenvalue weighted by atomic mass is 16.5. The highest BCUT2D eigenvalue weighted by Gasteiger charge is 2.24. The number of hydrogen-bond acceptors (Lipinski definition) is 3. The molecule has 3 nitrogen and oxygen atoms in total. The standard InChI is InChI=1S/C16H18N2O/c1-19-16-9-13(6-7-15(16)17)18-10-12-8-11-4-2-3-5-14(11)12/h2-7,9,12,18H,8,10,17H2,1H3. The van der Waals surface area contributed by atoms with Crippen LogP contribution in [0.5, 0.6) is 5.75 Å². The van der Waals surface area contributed by atoms with Gasteiger partial charge in [-0.05, 0) is 29.7 Å². The van der Waals surface area contributed by atoms with Crippen LogP contribution in [-0.4, -0.2) is 13.7 Å². The third kappa shape index (κ3) is 2.24. The molecule has 0 saturated carbocycles. The molecular weight excluding hydrogens is 236 g/mol. The summed E-state index contributed by atoms with van der Waals surface area (Å²) in [7, 11) is 1.64. The minimum Gasteiger partial charge on any atom is -0.495 e. The summed E-state index contributed by atoms with van der Waals surface area (Å²) in [5, 5.41) is 3.45. The summed E-state index contributed by atoms with van der Waals surface area (Å²) in [6, 6.07) is 14.4. The van der Waals surface area contributed by atoms with E-state index in [-0.39, 0.29) is 0 Å². The van der Waals surface area contributed by atoms with Gasteiger partial charge in [0.25, 0.3) is 0 Å². The minimum atomic E-state index is 0.611.